The van der Waals surface area contributed by atoms with Gasteiger partial charge in [-0.25, -0.2) is 14.1 Å². The quantitative estimate of drug-likeness (QED) is 0.689. The highest BCUT2D eigenvalue weighted by atomic mass is 19.4. The van der Waals surface area contributed by atoms with Crippen LogP contribution in [0.25, 0.3) is 5.82 Å². The molecule has 5 nitrogen and oxygen atoms in total. The average molecular weight is 392 g/mol. The van der Waals surface area contributed by atoms with Gasteiger partial charge in [0.05, 0.1) is 16.8 Å². The summed E-state index contributed by atoms with van der Waals surface area (Å²) in [5.41, 5.74) is 0.668. The number of carbonyl (C=O) groups excluding carboxylic acids is 1. The van der Waals surface area contributed by atoms with Crippen molar-refractivity contribution in [1.29, 1.82) is 0 Å². The van der Waals surface area contributed by atoms with Crippen LogP contribution in [-0.4, -0.2) is 27.7 Å². The van der Waals surface area contributed by atoms with Gasteiger partial charge in [-0.2, -0.15) is 18.3 Å². The lowest BCUT2D eigenvalue weighted by atomic mass is 10.0. The zero-order valence-electron chi connectivity index (χ0n) is 15.0. The van der Waals surface area contributed by atoms with Crippen LogP contribution >= 0.6 is 0 Å². The topological polar surface area (TPSA) is 59.8 Å². The van der Waals surface area contributed by atoms with Crippen molar-refractivity contribution < 1.29 is 22.4 Å². The molecule has 0 radical (unpaired) electrons. The van der Waals surface area contributed by atoms with Crippen LogP contribution in [0.1, 0.15) is 32.7 Å². The molecule has 0 saturated carbocycles. The van der Waals surface area contributed by atoms with E-state index in [0.717, 1.165) is 12.1 Å². The summed E-state index contributed by atoms with van der Waals surface area (Å²) in [4.78, 5) is 16.0. The Morgan fingerprint density at radius 3 is 2.61 bits per heavy atom. The van der Waals surface area contributed by atoms with Crippen molar-refractivity contribution in [2.75, 3.05) is 7.05 Å². The number of hydrogen-bond acceptors (Lipinski definition) is 3. The maximum Gasteiger partial charge on any atom is 0.416 e. The molecule has 28 heavy (non-hydrogen) atoms. The summed E-state index contributed by atoms with van der Waals surface area (Å²) in [6.07, 6.45) is -1.54. The van der Waals surface area contributed by atoms with Crippen LogP contribution in [0.5, 0.6) is 0 Å². The predicted octanol–water partition coefficient (Wildman–Crippen LogP) is 3.68. The number of nitrogens with zero attached hydrogens (tertiary/aromatic N) is 3. The molecule has 2 heterocycles. The summed E-state index contributed by atoms with van der Waals surface area (Å²) in [6, 6.07) is 5.70. The van der Waals surface area contributed by atoms with Crippen molar-refractivity contribution in [3.8, 4) is 5.82 Å². The SMILES string of the molecule is CNC(=O)c1cn(-c2cc(Cc3cc(F)cc(C(F)(F)F)c3)ccn2)nc1C. The third kappa shape index (κ3) is 4.19. The maximum absolute atomic E-state index is 13.6. The zero-order chi connectivity index (χ0) is 20.5. The Labute approximate surface area is 158 Å². The summed E-state index contributed by atoms with van der Waals surface area (Å²) in [5, 5.41) is 6.76. The minimum absolute atomic E-state index is 0.0823. The molecule has 0 spiro atoms. The number of hydrogen-bond donors (Lipinski definition) is 1. The first-order valence-electron chi connectivity index (χ1n) is 8.27. The van der Waals surface area contributed by atoms with Crippen molar-refractivity contribution in [1.82, 2.24) is 20.1 Å². The summed E-state index contributed by atoms with van der Waals surface area (Å²) in [6.45, 7) is 1.68. The van der Waals surface area contributed by atoms with Gasteiger partial charge in [-0.05, 0) is 54.8 Å². The van der Waals surface area contributed by atoms with Gasteiger partial charge in [0.25, 0.3) is 5.91 Å². The fraction of sp³-hybridized carbons (Fsp3) is 0.211. The van der Waals surface area contributed by atoms with E-state index in [1.54, 1.807) is 19.1 Å². The van der Waals surface area contributed by atoms with E-state index in [1.165, 1.54) is 24.1 Å². The molecule has 0 aliphatic heterocycles. The van der Waals surface area contributed by atoms with Crippen molar-refractivity contribution in [2.24, 2.45) is 0 Å². The van der Waals surface area contributed by atoms with E-state index in [1.807, 2.05) is 0 Å². The van der Waals surface area contributed by atoms with Crippen molar-refractivity contribution >= 4 is 5.91 Å². The molecule has 3 aromatic rings. The number of aryl methyl sites for hydroxylation is 1. The first-order valence-corrected chi connectivity index (χ1v) is 8.27. The minimum Gasteiger partial charge on any atom is -0.355 e. The highest BCUT2D eigenvalue weighted by Gasteiger charge is 2.31. The average Bonchev–Trinajstić information content (AvgIpc) is 3.02. The molecular formula is C19H16F4N4O. The van der Waals surface area contributed by atoms with Gasteiger partial charge in [-0.1, -0.05) is 0 Å². The molecule has 1 aromatic carbocycles. The second-order valence-electron chi connectivity index (χ2n) is 6.20. The molecule has 0 unspecified atom stereocenters. The van der Waals surface area contributed by atoms with Gasteiger partial charge in [0.2, 0.25) is 0 Å². The fourth-order valence-electron chi connectivity index (χ4n) is 2.78. The molecule has 2 aromatic heterocycles. The Kier molecular flexibility index (Phi) is 5.17. The number of pyridine rings is 1. The van der Waals surface area contributed by atoms with Crippen molar-refractivity contribution in [3.05, 3.63) is 76.5 Å². The number of alkyl halides is 3. The van der Waals surface area contributed by atoms with Crippen LogP contribution < -0.4 is 5.32 Å². The third-order valence-corrected chi connectivity index (χ3v) is 4.11. The van der Waals surface area contributed by atoms with Crippen molar-refractivity contribution in [3.63, 3.8) is 0 Å². The molecule has 3 rings (SSSR count). The summed E-state index contributed by atoms with van der Waals surface area (Å²) < 4.78 is 53.7. The van der Waals surface area contributed by atoms with Gasteiger partial charge >= 0.3 is 6.18 Å². The van der Waals surface area contributed by atoms with E-state index >= 15 is 0 Å². The van der Waals surface area contributed by atoms with Crippen LogP contribution in [0, 0.1) is 12.7 Å². The van der Waals surface area contributed by atoms with Gasteiger partial charge in [0.15, 0.2) is 5.82 Å². The zero-order valence-corrected chi connectivity index (χ0v) is 15.0. The number of amides is 1. The number of rotatable bonds is 4. The van der Waals surface area contributed by atoms with Gasteiger partial charge in [-0.3, -0.25) is 4.79 Å². The molecule has 0 atom stereocenters. The Bertz CT molecular complexity index is 1030. The smallest absolute Gasteiger partial charge is 0.355 e. The predicted molar refractivity (Wildman–Crippen MR) is 93.7 cm³/mol. The highest BCUT2D eigenvalue weighted by Crippen LogP contribution is 2.31. The Morgan fingerprint density at radius 2 is 1.93 bits per heavy atom. The Hall–Kier alpha value is -3.23. The number of benzene rings is 1. The van der Waals surface area contributed by atoms with Crippen LogP contribution in [0.3, 0.4) is 0 Å². The van der Waals surface area contributed by atoms with Crippen molar-refractivity contribution in [2.45, 2.75) is 19.5 Å². The summed E-state index contributed by atoms with van der Waals surface area (Å²) in [5.74, 6) is -0.848. The standard InChI is InChI=1S/C19H16F4N4O/c1-11-16(18(28)24-2)10-27(26-11)17-8-12(3-4-25-17)5-13-6-14(19(21,22)23)9-15(20)7-13/h3-4,6-10H,5H2,1-2H3,(H,24,28). The van der Waals surface area contributed by atoms with E-state index in [4.69, 9.17) is 0 Å². The molecule has 1 amide bonds. The number of halogens is 4. The Balaban J connectivity index is 1.91. The van der Waals surface area contributed by atoms with Gasteiger partial charge in [0.1, 0.15) is 5.82 Å². The van der Waals surface area contributed by atoms with Gasteiger partial charge < -0.3 is 5.32 Å². The molecule has 9 heteroatoms. The summed E-state index contributed by atoms with van der Waals surface area (Å²) in [7, 11) is 1.51. The molecule has 0 saturated heterocycles. The van der Waals surface area contributed by atoms with Crippen LogP contribution in [0.2, 0.25) is 0 Å². The molecule has 0 bridgehead atoms. The summed E-state index contributed by atoms with van der Waals surface area (Å²) >= 11 is 0. The normalized spacial score (nSPS) is 11.5. The van der Waals surface area contributed by atoms with Crippen LogP contribution in [0.15, 0.2) is 42.7 Å². The molecule has 0 aliphatic carbocycles. The lowest BCUT2D eigenvalue weighted by Gasteiger charge is -2.10. The molecular weight excluding hydrogens is 376 g/mol. The minimum atomic E-state index is -4.62. The highest BCUT2D eigenvalue weighted by molar-refractivity contribution is 5.94. The maximum atomic E-state index is 13.6. The fourth-order valence-corrected chi connectivity index (χ4v) is 2.78. The third-order valence-electron chi connectivity index (χ3n) is 4.11. The molecule has 146 valence electrons. The van der Waals surface area contributed by atoms with E-state index < -0.39 is 17.6 Å². The van der Waals surface area contributed by atoms with Crippen LogP contribution in [-0.2, 0) is 12.6 Å². The van der Waals surface area contributed by atoms with E-state index in [-0.39, 0.29) is 17.9 Å². The second kappa shape index (κ2) is 7.41. The number of aromatic nitrogens is 3. The van der Waals surface area contributed by atoms with Gasteiger partial charge in [-0.15, -0.1) is 0 Å². The first-order chi connectivity index (χ1) is 13.2. The van der Waals surface area contributed by atoms with E-state index in [2.05, 4.69) is 15.4 Å². The number of nitrogens with one attached hydrogen (secondary N) is 1. The molecule has 0 fully saturated rings. The van der Waals surface area contributed by atoms with Gasteiger partial charge in [0, 0.05) is 19.4 Å². The monoisotopic (exact) mass is 392 g/mol. The lowest BCUT2D eigenvalue weighted by molar-refractivity contribution is -0.137. The second-order valence-corrected chi connectivity index (χ2v) is 6.20. The largest absolute Gasteiger partial charge is 0.416 e. The first kappa shape index (κ1) is 19.5. The molecule has 1 N–H and O–H groups in total. The number of carbonyl (C=O) groups is 1. The van der Waals surface area contributed by atoms with Crippen LogP contribution in [0.4, 0.5) is 17.6 Å². The Morgan fingerprint density at radius 1 is 1.18 bits per heavy atom. The molecule has 0 aliphatic rings. The lowest BCUT2D eigenvalue weighted by Crippen LogP contribution is -2.18. The van der Waals surface area contributed by atoms with E-state index in [9.17, 15) is 22.4 Å². The van der Waals surface area contributed by atoms with E-state index in [0.29, 0.717) is 28.7 Å².